The van der Waals surface area contributed by atoms with Gasteiger partial charge in [-0.15, -0.1) is 11.8 Å². The van der Waals surface area contributed by atoms with E-state index in [1.807, 2.05) is 36.6 Å². The number of alkyl halides is 3. The number of hydrogen-bond donors (Lipinski definition) is 1. The zero-order chi connectivity index (χ0) is 20.6. The maximum atomic E-state index is 14.1. The quantitative estimate of drug-likeness (QED) is 0.445. The summed E-state index contributed by atoms with van der Waals surface area (Å²) >= 11 is 1.42. The molecule has 4 rings (SSSR count). The fourth-order valence-corrected chi connectivity index (χ4v) is 3.77. The summed E-state index contributed by atoms with van der Waals surface area (Å²) in [4.78, 5) is 0.817. The Morgan fingerprint density at radius 2 is 1.55 bits per heavy atom. The van der Waals surface area contributed by atoms with Crippen molar-refractivity contribution >= 4 is 22.7 Å². The van der Waals surface area contributed by atoms with Crippen molar-refractivity contribution in [2.24, 2.45) is 0 Å². The van der Waals surface area contributed by atoms with Crippen LogP contribution >= 0.6 is 11.8 Å². The zero-order valence-corrected chi connectivity index (χ0v) is 16.2. The Labute approximate surface area is 169 Å². The van der Waals surface area contributed by atoms with Gasteiger partial charge in [-0.05, 0) is 53.8 Å². The molecule has 3 aromatic carbocycles. The molecule has 0 saturated carbocycles. The standard InChI is InChI=1S/C22H17F3N2OS/c1-29-19-10-7-16(8-11-19)21(28,22(23,24)25)17-9-12-20-15(13-17)14-26-27(20)18-5-3-2-4-6-18/h2-14,28H,1H3. The minimum absolute atomic E-state index is 0.224. The van der Waals surface area contributed by atoms with Gasteiger partial charge in [0.15, 0.2) is 0 Å². The molecule has 148 valence electrons. The smallest absolute Gasteiger partial charge is 0.372 e. The van der Waals surface area contributed by atoms with Gasteiger partial charge in [-0.3, -0.25) is 0 Å². The molecule has 0 saturated heterocycles. The van der Waals surface area contributed by atoms with Crippen molar-refractivity contribution in [1.29, 1.82) is 0 Å². The van der Waals surface area contributed by atoms with E-state index < -0.39 is 11.8 Å². The summed E-state index contributed by atoms with van der Waals surface area (Å²) in [6.45, 7) is 0. The van der Waals surface area contributed by atoms with E-state index >= 15 is 0 Å². The minimum atomic E-state index is -4.89. The predicted octanol–water partition coefficient (Wildman–Crippen LogP) is 5.55. The van der Waals surface area contributed by atoms with Crippen molar-refractivity contribution in [1.82, 2.24) is 9.78 Å². The second kappa shape index (κ2) is 7.24. The molecule has 0 radical (unpaired) electrons. The van der Waals surface area contributed by atoms with Crippen LogP contribution in [0.4, 0.5) is 13.2 Å². The van der Waals surface area contributed by atoms with Gasteiger partial charge in [-0.2, -0.15) is 18.3 Å². The highest BCUT2D eigenvalue weighted by molar-refractivity contribution is 7.98. The molecule has 0 amide bonds. The van der Waals surface area contributed by atoms with E-state index in [-0.39, 0.29) is 11.1 Å². The summed E-state index contributed by atoms with van der Waals surface area (Å²) in [6.07, 6.45) is -1.56. The number of nitrogens with zero attached hydrogens (tertiary/aromatic N) is 2. The molecular formula is C22H17F3N2OS. The second-order valence-electron chi connectivity index (χ2n) is 6.60. The molecule has 1 atom stereocenters. The average molecular weight is 414 g/mol. The summed E-state index contributed by atoms with van der Waals surface area (Å²) < 4.78 is 43.8. The molecule has 1 unspecified atom stereocenters. The number of para-hydroxylation sites is 1. The van der Waals surface area contributed by atoms with Crippen molar-refractivity contribution in [3.8, 4) is 5.69 Å². The number of aliphatic hydroxyl groups is 1. The SMILES string of the molecule is CSc1ccc(C(O)(c2ccc3c(cnn3-c3ccccc3)c2)C(F)(F)F)cc1. The monoisotopic (exact) mass is 414 g/mol. The molecule has 1 heterocycles. The van der Waals surface area contributed by atoms with E-state index in [9.17, 15) is 18.3 Å². The molecule has 0 aliphatic rings. The second-order valence-corrected chi connectivity index (χ2v) is 7.48. The Kier molecular flexibility index (Phi) is 4.88. The van der Waals surface area contributed by atoms with E-state index in [4.69, 9.17) is 0 Å². The summed E-state index contributed by atoms with van der Waals surface area (Å²) in [5, 5.41) is 15.7. The predicted molar refractivity (Wildman–Crippen MR) is 108 cm³/mol. The lowest BCUT2D eigenvalue weighted by Gasteiger charge is -2.31. The molecule has 3 nitrogen and oxygen atoms in total. The van der Waals surface area contributed by atoms with Gasteiger partial charge < -0.3 is 5.11 Å². The van der Waals surface area contributed by atoms with Gasteiger partial charge >= 0.3 is 6.18 Å². The van der Waals surface area contributed by atoms with Crippen LogP contribution in [0.15, 0.2) is 83.9 Å². The first-order chi connectivity index (χ1) is 13.8. The highest BCUT2D eigenvalue weighted by atomic mass is 32.2. The van der Waals surface area contributed by atoms with Crippen molar-refractivity contribution in [2.75, 3.05) is 6.26 Å². The van der Waals surface area contributed by atoms with Crippen LogP contribution in [0.25, 0.3) is 16.6 Å². The molecule has 0 fully saturated rings. The van der Waals surface area contributed by atoms with Gasteiger partial charge in [0.25, 0.3) is 0 Å². The van der Waals surface area contributed by atoms with E-state index in [2.05, 4.69) is 5.10 Å². The van der Waals surface area contributed by atoms with Crippen molar-refractivity contribution < 1.29 is 18.3 Å². The lowest BCUT2D eigenvalue weighted by atomic mass is 9.85. The van der Waals surface area contributed by atoms with Gasteiger partial charge in [-0.1, -0.05) is 36.4 Å². The van der Waals surface area contributed by atoms with Gasteiger partial charge in [0.2, 0.25) is 5.60 Å². The summed E-state index contributed by atoms with van der Waals surface area (Å²) in [6, 6.07) is 19.3. The zero-order valence-electron chi connectivity index (χ0n) is 15.4. The van der Waals surface area contributed by atoms with Crippen LogP contribution < -0.4 is 0 Å². The van der Waals surface area contributed by atoms with Crippen LogP contribution in [0.5, 0.6) is 0 Å². The third kappa shape index (κ3) is 3.30. The van der Waals surface area contributed by atoms with Crippen molar-refractivity contribution in [3.05, 3.63) is 90.1 Å². The molecule has 4 aromatic rings. The van der Waals surface area contributed by atoms with E-state index in [0.717, 1.165) is 10.6 Å². The number of rotatable bonds is 4. The topological polar surface area (TPSA) is 38.1 Å². The Bertz CT molecular complexity index is 1140. The molecule has 0 aliphatic heterocycles. The highest BCUT2D eigenvalue weighted by Gasteiger charge is 2.56. The molecule has 1 aromatic heterocycles. The molecule has 1 N–H and O–H groups in total. The molecule has 0 bridgehead atoms. The highest BCUT2D eigenvalue weighted by Crippen LogP contribution is 2.45. The maximum Gasteiger partial charge on any atom is 0.425 e. The number of benzene rings is 3. The molecule has 7 heteroatoms. The number of thioether (sulfide) groups is 1. The lowest BCUT2D eigenvalue weighted by molar-refractivity contribution is -0.248. The maximum absolute atomic E-state index is 14.1. The van der Waals surface area contributed by atoms with E-state index in [1.54, 1.807) is 22.9 Å². The number of aromatic nitrogens is 2. The third-order valence-corrected chi connectivity index (χ3v) is 5.65. The Hall–Kier alpha value is -2.77. The van der Waals surface area contributed by atoms with Crippen LogP contribution in [0, 0.1) is 0 Å². The first kappa shape index (κ1) is 19.5. The number of halogens is 3. The van der Waals surface area contributed by atoms with Crippen LogP contribution in [0.2, 0.25) is 0 Å². The van der Waals surface area contributed by atoms with Gasteiger partial charge in [-0.25, -0.2) is 4.68 Å². The largest absolute Gasteiger partial charge is 0.425 e. The number of hydrogen-bond acceptors (Lipinski definition) is 3. The normalized spacial score (nSPS) is 14.1. The fraction of sp³-hybridized carbons (Fsp3) is 0.136. The van der Waals surface area contributed by atoms with Gasteiger partial charge in [0.05, 0.1) is 17.4 Å². The Morgan fingerprint density at radius 3 is 2.17 bits per heavy atom. The van der Waals surface area contributed by atoms with Crippen molar-refractivity contribution in [2.45, 2.75) is 16.7 Å². The summed E-state index contributed by atoms with van der Waals surface area (Å²) in [5.74, 6) is 0. The van der Waals surface area contributed by atoms with Crippen LogP contribution in [-0.2, 0) is 5.60 Å². The third-order valence-electron chi connectivity index (χ3n) is 4.90. The molecule has 29 heavy (non-hydrogen) atoms. The first-order valence-corrected chi connectivity index (χ1v) is 10.0. The fourth-order valence-electron chi connectivity index (χ4n) is 3.36. The van der Waals surface area contributed by atoms with Gasteiger partial charge in [0.1, 0.15) is 0 Å². The Balaban J connectivity index is 1.85. The van der Waals surface area contributed by atoms with Crippen LogP contribution in [0.3, 0.4) is 0 Å². The van der Waals surface area contributed by atoms with Gasteiger partial charge in [0, 0.05) is 10.3 Å². The first-order valence-electron chi connectivity index (χ1n) is 8.82. The van der Waals surface area contributed by atoms with E-state index in [0.29, 0.717) is 10.9 Å². The lowest BCUT2D eigenvalue weighted by Crippen LogP contribution is -2.43. The molecule has 0 spiro atoms. The Morgan fingerprint density at radius 1 is 0.897 bits per heavy atom. The summed E-state index contributed by atoms with van der Waals surface area (Å²) in [5.41, 5.74) is -2.14. The van der Waals surface area contributed by atoms with Crippen LogP contribution in [0.1, 0.15) is 11.1 Å². The molecular weight excluding hydrogens is 397 g/mol. The number of fused-ring (bicyclic) bond motifs is 1. The minimum Gasteiger partial charge on any atom is -0.372 e. The molecule has 0 aliphatic carbocycles. The summed E-state index contributed by atoms with van der Waals surface area (Å²) in [7, 11) is 0. The van der Waals surface area contributed by atoms with E-state index in [1.165, 1.54) is 42.2 Å². The average Bonchev–Trinajstić information content (AvgIpc) is 3.16. The van der Waals surface area contributed by atoms with Crippen molar-refractivity contribution in [3.63, 3.8) is 0 Å². The van der Waals surface area contributed by atoms with Crippen LogP contribution in [-0.4, -0.2) is 27.3 Å².